The molecule has 0 aromatic carbocycles. The quantitative estimate of drug-likeness (QED) is 0.198. The Morgan fingerprint density at radius 3 is 2.69 bits per heavy atom. The van der Waals surface area contributed by atoms with Crippen LogP contribution in [0.1, 0.15) is 51.0 Å². The van der Waals surface area contributed by atoms with Gasteiger partial charge in [-0.2, -0.15) is 0 Å². The number of rotatable bonds is 8. The first-order chi connectivity index (χ1) is 12.3. The number of guanidine groups is 1. The lowest BCUT2D eigenvalue weighted by molar-refractivity contribution is 0.0468. The van der Waals surface area contributed by atoms with Crippen molar-refractivity contribution in [2.75, 3.05) is 26.8 Å². The highest BCUT2D eigenvalue weighted by atomic mass is 127. The van der Waals surface area contributed by atoms with Crippen molar-refractivity contribution in [3.05, 3.63) is 23.9 Å². The summed E-state index contributed by atoms with van der Waals surface area (Å²) >= 11 is 0. The van der Waals surface area contributed by atoms with Gasteiger partial charge in [0.1, 0.15) is 0 Å². The topological polar surface area (TPSA) is 67.8 Å². The molecule has 1 aliphatic rings. The fourth-order valence-corrected chi connectivity index (χ4v) is 2.98. The summed E-state index contributed by atoms with van der Waals surface area (Å²) in [5, 5.41) is 6.61. The molecule has 1 heterocycles. The first-order valence-electron chi connectivity index (χ1n) is 9.44. The van der Waals surface area contributed by atoms with Crippen molar-refractivity contribution in [3.63, 3.8) is 0 Å². The maximum Gasteiger partial charge on any atom is 0.213 e. The molecule has 7 heteroatoms. The fourth-order valence-electron chi connectivity index (χ4n) is 2.98. The number of aromatic nitrogens is 1. The lowest BCUT2D eigenvalue weighted by Gasteiger charge is -2.16. The van der Waals surface area contributed by atoms with Crippen molar-refractivity contribution < 1.29 is 9.47 Å². The molecule has 0 radical (unpaired) electrons. The normalized spacial score (nSPS) is 15.7. The Morgan fingerprint density at radius 2 is 2.00 bits per heavy atom. The van der Waals surface area contributed by atoms with Crippen molar-refractivity contribution in [3.8, 4) is 5.88 Å². The minimum Gasteiger partial charge on any atom is -0.481 e. The van der Waals surface area contributed by atoms with Crippen molar-refractivity contribution in [2.24, 2.45) is 4.99 Å². The zero-order valence-corrected chi connectivity index (χ0v) is 18.3. The first-order valence-corrected chi connectivity index (χ1v) is 9.44. The van der Waals surface area contributed by atoms with Crippen molar-refractivity contribution >= 4 is 29.9 Å². The monoisotopic (exact) mass is 476 g/mol. The van der Waals surface area contributed by atoms with Crippen LogP contribution < -0.4 is 15.4 Å². The lowest BCUT2D eigenvalue weighted by Crippen LogP contribution is -2.39. The molecule has 1 aromatic rings. The van der Waals surface area contributed by atoms with E-state index in [9.17, 15) is 0 Å². The second-order valence-corrected chi connectivity index (χ2v) is 6.31. The van der Waals surface area contributed by atoms with Gasteiger partial charge in [0.25, 0.3) is 0 Å². The van der Waals surface area contributed by atoms with Gasteiger partial charge in [0.05, 0.1) is 26.4 Å². The van der Waals surface area contributed by atoms with Gasteiger partial charge in [0.15, 0.2) is 5.96 Å². The molecule has 0 saturated heterocycles. The number of aliphatic imine (C=N–C) groups is 1. The molecule has 1 aliphatic carbocycles. The smallest absolute Gasteiger partial charge is 0.213 e. The Morgan fingerprint density at radius 1 is 1.23 bits per heavy atom. The summed E-state index contributed by atoms with van der Waals surface area (Å²) in [6, 6.07) is 3.85. The molecule has 6 nitrogen and oxygen atoms in total. The number of hydrogen-bond donors (Lipinski definition) is 2. The Kier molecular flexibility index (Phi) is 12.4. The van der Waals surface area contributed by atoms with Gasteiger partial charge in [-0.3, -0.25) is 0 Å². The van der Waals surface area contributed by atoms with Crippen LogP contribution in [0.5, 0.6) is 5.88 Å². The molecular formula is C19H33IN4O2. The van der Waals surface area contributed by atoms with Crippen LogP contribution in [0.2, 0.25) is 0 Å². The van der Waals surface area contributed by atoms with E-state index in [1.54, 1.807) is 13.3 Å². The minimum atomic E-state index is 0. The third kappa shape index (κ3) is 9.02. The number of hydrogen-bond acceptors (Lipinski definition) is 4. The average molecular weight is 476 g/mol. The summed E-state index contributed by atoms with van der Waals surface area (Å²) in [6.07, 6.45) is 9.91. The van der Waals surface area contributed by atoms with Crippen LogP contribution in [-0.2, 0) is 11.3 Å². The molecular weight excluding hydrogens is 443 g/mol. The lowest BCUT2D eigenvalue weighted by atomic mass is 10.1. The van der Waals surface area contributed by atoms with Gasteiger partial charge in [-0.25, -0.2) is 9.98 Å². The van der Waals surface area contributed by atoms with Crippen LogP contribution >= 0.6 is 24.0 Å². The van der Waals surface area contributed by atoms with E-state index in [1.165, 1.54) is 38.5 Å². The zero-order chi connectivity index (χ0) is 17.7. The van der Waals surface area contributed by atoms with Gasteiger partial charge >= 0.3 is 0 Å². The Hall–Kier alpha value is -1.09. The van der Waals surface area contributed by atoms with Crippen LogP contribution in [0.25, 0.3) is 0 Å². The largest absolute Gasteiger partial charge is 0.481 e. The summed E-state index contributed by atoms with van der Waals surface area (Å²) in [4.78, 5) is 8.73. The zero-order valence-electron chi connectivity index (χ0n) is 16.0. The SMILES string of the molecule is CCNC(=NCc1ccnc(OC)c1)NCCOC1CCCCCC1.I. The van der Waals surface area contributed by atoms with E-state index >= 15 is 0 Å². The van der Waals surface area contributed by atoms with Crippen molar-refractivity contribution in [2.45, 2.75) is 58.1 Å². The second-order valence-electron chi connectivity index (χ2n) is 6.31. The second kappa shape index (κ2) is 14.0. The van der Waals surface area contributed by atoms with Gasteiger partial charge < -0.3 is 20.1 Å². The summed E-state index contributed by atoms with van der Waals surface area (Å²) in [5.74, 6) is 1.42. The van der Waals surface area contributed by atoms with Gasteiger partial charge in [-0.15, -0.1) is 24.0 Å². The van der Waals surface area contributed by atoms with Crippen LogP contribution in [0, 0.1) is 0 Å². The molecule has 2 rings (SSSR count). The van der Waals surface area contributed by atoms with Crippen molar-refractivity contribution in [1.29, 1.82) is 0 Å². The summed E-state index contributed by atoms with van der Waals surface area (Å²) in [5.41, 5.74) is 1.07. The van der Waals surface area contributed by atoms with Crippen molar-refractivity contribution in [1.82, 2.24) is 15.6 Å². The molecule has 0 spiro atoms. The number of ether oxygens (including phenoxy) is 2. The summed E-state index contributed by atoms with van der Waals surface area (Å²) in [7, 11) is 1.62. The number of nitrogens with one attached hydrogen (secondary N) is 2. The van der Waals surface area contributed by atoms with Crippen LogP contribution in [0.3, 0.4) is 0 Å². The number of methoxy groups -OCH3 is 1. The number of halogens is 1. The van der Waals surface area contributed by atoms with Crippen LogP contribution in [0.4, 0.5) is 0 Å². The first kappa shape index (κ1) is 23.0. The van der Waals surface area contributed by atoms with E-state index in [-0.39, 0.29) is 24.0 Å². The molecule has 2 N–H and O–H groups in total. The average Bonchev–Trinajstić information content (AvgIpc) is 2.92. The Balaban J connectivity index is 0.00000338. The van der Waals surface area contributed by atoms with Gasteiger partial charge in [-0.05, 0) is 31.4 Å². The van der Waals surface area contributed by atoms with E-state index in [4.69, 9.17) is 9.47 Å². The third-order valence-corrected chi connectivity index (χ3v) is 4.32. The fraction of sp³-hybridized carbons (Fsp3) is 0.684. The summed E-state index contributed by atoms with van der Waals surface area (Å²) < 4.78 is 11.2. The molecule has 148 valence electrons. The van der Waals surface area contributed by atoms with E-state index < -0.39 is 0 Å². The molecule has 1 aromatic heterocycles. The molecule has 26 heavy (non-hydrogen) atoms. The molecule has 0 bridgehead atoms. The van der Waals surface area contributed by atoms with Gasteiger partial charge in [0, 0.05) is 25.4 Å². The van der Waals surface area contributed by atoms with Gasteiger partial charge in [0.2, 0.25) is 5.88 Å². The molecule has 0 aliphatic heterocycles. The number of nitrogens with zero attached hydrogens (tertiary/aromatic N) is 2. The molecule has 0 amide bonds. The highest BCUT2D eigenvalue weighted by Crippen LogP contribution is 2.19. The van der Waals surface area contributed by atoms with Crippen LogP contribution in [0.15, 0.2) is 23.3 Å². The van der Waals surface area contributed by atoms with Gasteiger partial charge in [-0.1, -0.05) is 25.7 Å². The number of pyridine rings is 1. The predicted molar refractivity (Wildman–Crippen MR) is 116 cm³/mol. The molecule has 1 saturated carbocycles. The minimum absolute atomic E-state index is 0. The highest BCUT2D eigenvalue weighted by Gasteiger charge is 2.12. The molecule has 0 unspecified atom stereocenters. The standard InChI is InChI=1S/C19H32N4O2.HI/c1-3-20-19(23-15-16-10-11-21-18(14-16)24-2)22-12-13-25-17-8-6-4-5-7-9-17;/h10-11,14,17H,3-9,12-13,15H2,1-2H3,(H2,20,22,23);1H. The van der Waals surface area contributed by atoms with E-state index in [2.05, 4.69) is 27.5 Å². The third-order valence-electron chi connectivity index (χ3n) is 4.32. The van der Waals surface area contributed by atoms with E-state index in [0.717, 1.165) is 31.2 Å². The molecule has 1 fully saturated rings. The maximum absolute atomic E-state index is 6.01. The Labute approximate surface area is 174 Å². The van der Waals surface area contributed by atoms with E-state index in [0.29, 0.717) is 18.5 Å². The van der Waals surface area contributed by atoms with Crippen LogP contribution in [-0.4, -0.2) is 43.9 Å². The highest BCUT2D eigenvalue weighted by molar-refractivity contribution is 14.0. The van der Waals surface area contributed by atoms with E-state index in [1.807, 2.05) is 12.1 Å². The predicted octanol–water partition coefficient (Wildman–Crippen LogP) is 3.50. The maximum atomic E-state index is 6.01. The molecule has 0 atom stereocenters. The Bertz CT molecular complexity index is 520. The summed E-state index contributed by atoms with van der Waals surface area (Å²) in [6.45, 7) is 4.96.